The Hall–Kier alpha value is -1.79. The van der Waals surface area contributed by atoms with E-state index in [9.17, 15) is 4.79 Å². The van der Waals surface area contributed by atoms with E-state index in [1.165, 1.54) is 25.9 Å². The highest BCUT2D eigenvalue weighted by Crippen LogP contribution is 2.25. The molecule has 2 heterocycles. The lowest BCUT2D eigenvalue weighted by atomic mass is 9.96. The molecule has 2 aliphatic rings. The zero-order chi connectivity index (χ0) is 22.5. The largest absolute Gasteiger partial charge is 0.327 e. The fraction of sp³-hybridized carbons (Fsp3) is 0.480. The van der Waals surface area contributed by atoms with Crippen molar-refractivity contribution in [2.24, 2.45) is 5.92 Å². The average molecular weight is 475 g/mol. The number of piperidine rings is 1. The predicted molar refractivity (Wildman–Crippen MR) is 132 cm³/mol. The first-order valence-corrected chi connectivity index (χ1v) is 12.2. The zero-order valence-corrected chi connectivity index (χ0v) is 20.2. The summed E-state index contributed by atoms with van der Waals surface area (Å²) in [6.07, 6.45) is 2.56. The van der Waals surface area contributed by atoms with E-state index in [1.807, 2.05) is 53.4 Å². The maximum Gasteiger partial charge on any atom is 0.318 e. The van der Waals surface area contributed by atoms with Gasteiger partial charge >= 0.3 is 6.03 Å². The monoisotopic (exact) mass is 474 g/mol. The van der Waals surface area contributed by atoms with Crippen molar-refractivity contribution in [2.45, 2.75) is 18.9 Å². The predicted octanol–water partition coefficient (Wildman–Crippen LogP) is 4.75. The fourth-order valence-electron chi connectivity index (χ4n) is 4.63. The van der Waals surface area contributed by atoms with Gasteiger partial charge in [0.2, 0.25) is 0 Å². The molecule has 5 nitrogen and oxygen atoms in total. The van der Waals surface area contributed by atoms with Crippen LogP contribution in [0, 0.1) is 5.92 Å². The molecular weight excluding hydrogens is 443 g/mol. The number of hydrogen-bond acceptors (Lipinski definition) is 3. The van der Waals surface area contributed by atoms with Crippen molar-refractivity contribution in [1.29, 1.82) is 0 Å². The first-order valence-electron chi connectivity index (χ1n) is 11.5. The number of piperazine rings is 1. The summed E-state index contributed by atoms with van der Waals surface area (Å²) in [6.45, 7) is 6.94. The molecule has 0 saturated carbocycles. The summed E-state index contributed by atoms with van der Waals surface area (Å²) in [5, 5.41) is 4.59. The van der Waals surface area contributed by atoms with Crippen molar-refractivity contribution >= 4 is 29.2 Å². The summed E-state index contributed by atoms with van der Waals surface area (Å²) < 4.78 is 0. The number of benzene rings is 2. The molecule has 0 bridgehead atoms. The van der Waals surface area contributed by atoms with Gasteiger partial charge in [0.1, 0.15) is 0 Å². The number of urea groups is 1. The molecule has 0 radical (unpaired) electrons. The molecule has 2 saturated heterocycles. The Morgan fingerprint density at radius 3 is 1.88 bits per heavy atom. The van der Waals surface area contributed by atoms with E-state index >= 15 is 0 Å². The quantitative estimate of drug-likeness (QED) is 0.679. The normalized spacial score (nSPS) is 18.8. The van der Waals surface area contributed by atoms with Gasteiger partial charge in [-0.2, -0.15) is 0 Å². The minimum Gasteiger partial charge on any atom is -0.327 e. The van der Waals surface area contributed by atoms with E-state index in [0.717, 1.165) is 49.8 Å². The summed E-state index contributed by atoms with van der Waals surface area (Å²) in [5.41, 5.74) is 1.98. The third-order valence-corrected chi connectivity index (χ3v) is 7.19. The number of rotatable bonds is 5. The second-order valence-electron chi connectivity index (χ2n) is 9.02. The molecule has 0 aliphatic carbocycles. The van der Waals surface area contributed by atoms with Crippen molar-refractivity contribution < 1.29 is 4.79 Å². The minimum atomic E-state index is -0.255. The lowest BCUT2D eigenvalue weighted by Gasteiger charge is -2.38. The molecule has 2 aromatic rings. The second-order valence-corrected chi connectivity index (χ2v) is 9.89. The Bertz CT molecular complexity index is 828. The maximum atomic E-state index is 13.2. The molecule has 0 spiro atoms. The molecule has 172 valence electrons. The summed E-state index contributed by atoms with van der Waals surface area (Å²) >= 11 is 12.2. The highest BCUT2D eigenvalue weighted by Gasteiger charge is 2.26. The summed E-state index contributed by atoms with van der Waals surface area (Å²) in [5.74, 6) is 0.783. The van der Waals surface area contributed by atoms with Crippen LogP contribution in [0.5, 0.6) is 0 Å². The number of hydrogen-bond donors (Lipinski definition) is 1. The van der Waals surface area contributed by atoms with Crippen LogP contribution in [0.4, 0.5) is 4.79 Å². The van der Waals surface area contributed by atoms with Gasteiger partial charge in [-0.25, -0.2) is 4.79 Å². The van der Waals surface area contributed by atoms with Crippen molar-refractivity contribution in [3.05, 3.63) is 69.7 Å². The topological polar surface area (TPSA) is 38.8 Å². The van der Waals surface area contributed by atoms with Crippen LogP contribution in [0.15, 0.2) is 48.5 Å². The minimum absolute atomic E-state index is 0.0289. The smallest absolute Gasteiger partial charge is 0.318 e. The van der Waals surface area contributed by atoms with Gasteiger partial charge in [0.15, 0.2) is 0 Å². The van der Waals surface area contributed by atoms with Crippen LogP contribution in [0.2, 0.25) is 10.0 Å². The van der Waals surface area contributed by atoms with E-state index < -0.39 is 0 Å². The van der Waals surface area contributed by atoms with Crippen LogP contribution in [-0.2, 0) is 0 Å². The maximum absolute atomic E-state index is 13.2. The van der Waals surface area contributed by atoms with Crippen molar-refractivity contribution in [3.63, 3.8) is 0 Å². The molecule has 0 atom stereocenters. The third kappa shape index (κ3) is 6.16. The van der Waals surface area contributed by atoms with Gasteiger partial charge < -0.3 is 15.1 Å². The number of nitrogens with one attached hydrogen (secondary N) is 1. The molecule has 0 unspecified atom stereocenters. The number of halogens is 2. The van der Waals surface area contributed by atoms with Gasteiger partial charge in [0.25, 0.3) is 0 Å². The Morgan fingerprint density at radius 1 is 0.875 bits per heavy atom. The van der Waals surface area contributed by atoms with E-state index in [0.29, 0.717) is 10.0 Å². The lowest BCUT2D eigenvalue weighted by molar-refractivity contribution is 0.109. The van der Waals surface area contributed by atoms with Crippen molar-refractivity contribution in [3.8, 4) is 0 Å². The molecule has 0 aromatic heterocycles. The number of carbonyl (C=O) groups excluding carboxylic acids is 1. The molecule has 2 aliphatic heterocycles. The third-order valence-electron chi connectivity index (χ3n) is 6.69. The standard InChI is InChI=1S/C25H32Cl2N4O/c1-29-12-10-19(11-13-29)18-30-14-16-31(17-15-30)25(32)28-24(20-2-6-22(26)7-3-20)21-4-8-23(27)9-5-21/h2-9,19,24H,10-18H2,1H3,(H,28,32). The van der Waals surface area contributed by atoms with Crippen LogP contribution in [0.25, 0.3) is 0 Å². The molecule has 2 fully saturated rings. The van der Waals surface area contributed by atoms with E-state index in [4.69, 9.17) is 23.2 Å². The van der Waals surface area contributed by atoms with Crippen LogP contribution < -0.4 is 5.32 Å². The average Bonchev–Trinajstić information content (AvgIpc) is 2.81. The van der Waals surface area contributed by atoms with Crippen LogP contribution in [0.3, 0.4) is 0 Å². The van der Waals surface area contributed by atoms with Crippen LogP contribution in [0.1, 0.15) is 30.0 Å². The van der Waals surface area contributed by atoms with Crippen LogP contribution in [-0.4, -0.2) is 73.6 Å². The summed E-state index contributed by atoms with van der Waals surface area (Å²) in [6, 6.07) is 15.0. The van der Waals surface area contributed by atoms with Gasteiger partial charge in [-0.05, 0) is 74.3 Å². The Morgan fingerprint density at radius 2 is 1.38 bits per heavy atom. The summed E-state index contributed by atoms with van der Waals surface area (Å²) in [4.78, 5) is 20.0. The SMILES string of the molecule is CN1CCC(CN2CCN(C(=O)NC(c3ccc(Cl)cc3)c3ccc(Cl)cc3)CC2)CC1. The number of likely N-dealkylation sites (tertiary alicyclic amines) is 1. The van der Waals surface area contributed by atoms with Crippen molar-refractivity contribution in [1.82, 2.24) is 20.0 Å². The molecule has 2 aromatic carbocycles. The molecule has 4 rings (SSSR count). The molecule has 7 heteroatoms. The molecule has 32 heavy (non-hydrogen) atoms. The van der Waals surface area contributed by atoms with Crippen molar-refractivity contribution in [2.75, 3.05) is 52.9 Å². The van der Waals surface area contributed by atoms with Gasteiger partial charge in [0, 0.05) is 42.8 Å². The summed E-state index contributed by atoms with van der Waals surface area (Å²) in [7, 11) is 2.20. The lowest BCUT2D eigenvalue weighted by Crippen LogP contribution is -2.53. The van der Waals surface area contributed by atoms with E-state index in [2.05, 4.69) is 22.2 Å². The Balaban J connectivity index is 1.36. The first kappa shape index (κ1) is 23.4. The highest BCUT2D eigenvalue weighted by molar-refractivity contribution is 6.30. The van der Waals surface area contributed by atoms with Gasteiger partial charge in [-0.1, -0.05) is 47.5 Å². The van der Waals surface area contributed by atoms with E-state index in [-0.39, 0.29) is 12.1 Å². The Labute approximate surface area is 201 Å². The van der Waals surface area contributed by atoms with Gasteiger partial charge in [-0.3, -0.25) is 4.90 Å². The number of carbonyl (C=O) groups is 1. The molecule has 2 amide bonds. The van der Waals surface area contributed by atoms with E-state index in [1.54, 1.807) is 0 Å². The zero-order valence-electron chi connectivity index (χ0n) is 18.6. The van der Waals surface area contributed by atoms with Crippen LogP contribution >= 0.6 is 23.2 Å². The van der Waals surface area contributed by atoms with Gasteiger partial charge in [0.05, 0.1) is 6.04 Å². The van der Waals surface area contributed by atoms with Gasteiger partial charge in [-0.15, -0.1) is 0 Å². The molecule has 1 N–H and O–H groups in total. The Kier molecular flexibility index (Phi) is 7.95. The number of nitrogens with zero attached hydrogens (tertiary/aromatic N) is 3. The second kappa shape index (κ2) is 10.9. The highest BCUT2D eigenvalue weighted by atomic mass is 35.5. The number of amides is 2. The fourth-order valence-corrected chi connectivity index (χ4v) is 4.88. The first-order chi connectivity index (χ1) is 15.5. The molecular formula is C25H32Cl2N4O.